The summed E-state index contributed by atoms with van der Waals surface area (Å²) < 4.78 is 4.87. The van der Waals surface area contributed by atoms with E-state index < -0.39 is 16.8 Å². The van der Waals surface area contributed by atoms with Crippen molar-refractivity contribution in [1.82, 2.24) is 5.32 Å². The smallest absolute Gasteiger partial charge is 0.337 e. The highest BCUT2D eigenvalue weighted by Crippen LogP contribution is 2.27. The second-order valence-corrected chi connectivity index (χ2v) is 5.87. The number of anilines is 1. The third-order valence-corrected chi connectivity index (χ3v) is 3.84. The van der Waals surface area contributed by atoms with E-state index in [1.165, 1.54) is 37.4 Å². The van der Waals surface area contributed by atoms with Crippen LogP contribution in [0, 0.1) is 10.1 Å². The van der Waals surface area contributed by atoms with E-state index in [0.29, 0.717) is 5.69 Å². The number of thiocarbonyl (C=S) groups is 1. The van der Waals surface area contributed by atoms with Crippen LogP contribution in [0.25, 0.3) is 0 Å². The Kier molecular flexibility index (Phi) is 6.27. The minimum absolute atomic E-state index is 0.00547. The number of amides is 1. The Bertz CT molecular complexity index is 950. The van der Waals surface area contributed by atoms with Crippen molar-refractivity contribution in [2.75, 3.05) is 12.4 Å². The average Bonchev–Trinajstić information content (AvgIpc) is 2.60. The maximum Gasteiger partial charge on any atom is 0.337 e. The molecule has 2 aromatic rings. The molecule has 9 nitrogen and oxygen atoms in total. The monoisotopic (exact) mass is 409 g/mol. The second-order valence-electron chi connectivity index (χ2n) is 5.05. The van der Waals surface area contributed by atoms with Crippen LogP contribution in [-0.2, 0) is 0 Å². The lowest BCUT2D eigenvalue weighted by molar-refractivity contribution is -0.385. The van der Waals surface area contributed by atoms with E-state index in [2.05, 4.69) is 10.6 Å². The van der Waals surface area contributed by atoms with Crippen molar-refractivity contribution in [3.63, 3.8) is 0 Å². The number of carboxylic acid groups (broad SMARTS) is 1. The van der Waals surface area contributed by atoms with Crippen LogP contribution in [-0.4, -0.2) is 34.1 Å². The predicted molar refractivity (Wildman–Crippen MR) is 102 cm³/mol. The maximum atomic E-state index is 12.2. The highest BCUT2D eigenvalue weighted by Gasteiger charge is 2.19. The van der Waals surface area contributed by atoms with Gasteiger partial charge in [-0.3, -0.25) is 20.2 Å². The zero-order valence-corrected chi connectivity index (χ0v) is 15.3. The van der Waals surface area contributed by atoms with Gasteiger partial charge in [-0.1, -0.05) is 11.6 Å². The van der Waals surface area contributed by atoms with Crippen LogP contribution in [0.3, 0.4) is 0 Å². The Morgan fingerprint density at radius 3 is 2.52 bits per heavy atom. The summed E-state index contributed by atoms with van der Waals surface area (Å²) in [5.41, 5.74) is -0.0790. The lowest BCUT2D eigenvalue weighted by Gasteiger charge is -2.11. The fourth-order valence-electron chi connectivity index (χ4n) is 2.08. The quantitative estimate of drug-likeness (QED) is 0.390. The van der Waals surface area contributed by atoms with Crippen molar-refractivity contribution in [3.05, 3.63) is 62.7 Å². The molecule has 0 aromatic heterocycles. The summed E-state index contributed by atoms with van der Waals surface area (Å²) in [6.07, 6.45) is 0. The molecule has 0 atom stereocenters. The summed E-state index contributed by atoms with van der Waals surface area (Å²) in [5, 5.41) is 24.9. The van der Waals surface area contributed by atoms with Crippen molar-refractivity contribution in [2.24, 2.45) is 0 Å². The summed E-state index contributed by atoms with van der Waals surface area (Å²) >= 11 is 10.9. The maximum absolute atomic E-state index is 12.2. The Morgan fingerprint density at radius 1 is 1.26 bits per heavy atom. The Labute approximate surface area is 163 Å². The number of hydrogen-bond acceptors (Lipinski definition) is 6. The average molecular weight is 410 g/mol. The predicted octanol–water partition coefficient (Wildman–Crippen LogP) is 3.08. The molecule has 0 bridgehead atoms. The summed E-state index contributed by atoms with van der Waals surface area (Å²) in [6, 6.07) is 7.75. The number of nitro benzene ring substituents is 1. The molecule has 11 heteroatoms. The number of nitrogens with one attached hydrogen (secondary N) is 2. The number of carbonyl (C=O) groups is 2. The van der Waals surface area contributed by atoms with Crippen LogP contribution < -0.4 is 15.4 Å². The first-order valence-electron chi connectivity index (χ1n) is 7.20. The first kappa shape index (κ1) is 20.1. The van der Waals surface area contributed by atoms with Crippen LogP contribution in [0.5, 0.6) is 5.75 Å². The van der Waals surface area contributed by atoms with E-state index in [4.69, 9.17) is 33.7 Å². The van der Waals surface area contributed by atoms with Crippen molar-refractivity contribution < 1.29 is 24.4 Å². The van der Waals surface area contributed by atoms with Crippen LogP contribution >= 0.6 is 23.8 Å². The summed E-state index contributed by atoms with van der Waals surface area (Å²) in [7, 11) is 1.28. The molecule has 0 spiro atoms. The van der Waals surface area contributed by atoms with Gasteiger partial charge in [-0.2, -0.15) is 0 Å². The molecule has 0 aliphatic heterocycles. The normalized spacial score (nSPS) is 10.0. The third kappa shape index (κ3) is 4.90. The number of ether oxygens (including phenoxy) is 1. The van der Waals surface area contributed by atoms with E-state index in [1.54, 1.807) is 0 Å². The van der Waals surface area contributed by atoms with Crippen molar-refractivity contribution in [3.8, 4) is 5.75 Å². The number of hydrogen-bond donors (Lipinski definition) is 3. The number of nitrogens with zero attached hydrogens (tertiary/aromatic N) is 1. The van der Waals surface area contributed by atoms with Gasteiger partial charge < -0.3 is 15.2 Å². The fraction of sp³-hybridized carbons (Fsp3) is 0.0625. The number of methoxy groups -OCH3 is 1. The second kappa shape index (κ2) is 8.43. The minimum Gasteiger partial charge on any atom is -0.490 e. The van der Waals surface area contributed by atoms with Crippen LogP contribution in [0.15, 0.2) is 36.4 Å². The molecule has 0 saturated heterocycles. The zero-order valence-electron chi connectivity index (χ0n) is 13.7. The summed E-state index contributed by atoms with van der Waals surface area (Å²) in [4.78, 5) is 33.5. The van der Waals surface area contributed by atoms with Crippen LogP contribution in [0.2, 0.25) is 5.02 Å². The van der Waals surface area contributed by atoms with Gasteiger partial charge in [0.05, 0.1) is 22.6 Å². The lowest BCUT2D eigenvalue weighted by Crippen LogP contribution is -2.34. The molecule has 3 N–H and O–H groups in total. The highest BCUT2D eigenvalue weighted by molar-refractivity contribution is 7.80. The van der Waals surface area contributed by atoms with E-state index in [0.717, 1.165) is 6.07 Å². The van der Waals surface area contributed by atoms with E-state index in [1.807, 2.05) is 0 Å². The topological polar surface area (TPSA) is 131 Å². The molecule has 2 aromatic carbocycles. The van der Waals surface area contributed by atoms with Gasteiger partial charge in [-0.25, -0.2) is 4.79 Å². The fourth-order valence-corrected chi connectivity index (χ4v) is 2.55. The molecule has 1 amide bonds. The standard InChI is InChI=1S/C16H12ClN3O6S/c1-26-13-5-2-8(6-12(13)20(24)25)14(21)19-16(27)18-9-3-4-10(15(22)23)11(17)7-9/h2-7H,1H3,(H,22,23)(H2,18,19,21,27). The molecule has 0 aliphatic carbocycles. The van der Waals surface area contributed by atoms with Crippen molar-refractivity contribution in [2.45, 2.75) is 0 Å². The van der Waals surface area contributed by atoms with Gasteiger partial charge in [-0.05, 0) is 42.5 Å². The number of carboxylic acids is 1. The van der Waals surface area contributed by atoms with E-state index >= 15 is 0 Å². The molecular formula is C16H12ClN3O6S. The largest absolute Gasteiger partial charge is 0.490 e. The number of rotatable bonds is 5. The first-order valence-corrected chi connectivity index (χ1v) is 7.99. The Balaban J connectivity index is 2.11. The number of nitro groups is 1. The molecule has 2 rings (SSSR count). The highest BCUT2D eigenvalue weighted by atomic mass is 35.5. The first-order chi connectivity index (χ1) is 12.7. The van der Waals surface area contributed by atoms with E-state index in [9.17, 15) is 19.7 Å². The van der Waals surface area contributed by atoms with Crippen molar-refractivity contribution >= 4 is 52.2 Å². The number of halogens is 1. The minimum atomic E-state index is -1.18. The van der Waals surface area contributed by atoms with Crippen molar-refractivity contribution in [1.29, 1.82) is 0 Å². The van der Waals surface area contributed by atoms with E-state index in [-0.39, 0.29) is 32.7 Å². The molecule has 27 heavy (non-hydrogen) atoms. The Morgan fingerprint density at radius 2 is 1.96 bits per heavy atom. The number of carbonyl (C=O) groups excluding carboxylic acids is 1. The summed E-state index contributed by atoms with van der Waals surface area (Å²) in [5.74, 6) is -1.83. The molecule has 0 radical (unpaired) electrons. The van der Waals surface area contributed by atoms with Crippen LogP contribution in [0.1, 0.15) is 20.7 Å². The zero-order chi connectivity index (χ0) is 20.1. The van der Waals surface area contributed by atoms with Gasteiger partial charge in [0.25, 0.3) is 5.91 Å². The Hall–Kier alpha value is -3.24. The molecular weight excluding hydrogens is 398 g/mol. The number of aromatic carboxylic acids is 1. The van der Waals surface area contributed by atoms with Gasteiger partial charge in [0.1, 0.15) is 0 Å². The van der Waals surface area contributed by atoms with Gasteiger partial charge in [-0.15, -0.1) is 0 Å². The molecule has 0 heterocycles. The SMILES string of the molecule is COc1ccc(C(=O)NC(=S)Nc2ccc(C(=O)O)c(Cl)c2)cc1[N+](=O)[O-]. The molecule has 0 unspecified atom stereocenters. The molecule has 0 fully saturated rings. The van der Waals surface area contributed by atoms with Gasteiger partial charge >= 0.3 is 11.7 Å². The summed E-state index contributed by atoms with van der Waals surface area (Å²) in [6.45, 7) is 0. The molecule has 140 valence electrons. The van der Waals surface area contributed by atoms with Gasteiger partial charge in [0, 0.05) is 17.3 Å². The van der Waals surface area contributed by atoms with Gasteiger partial charge in [0.2, 0.25) is 0 Å². The third-order valence-electron chi connectivity index (χ3n) is 3.32. The molecule has 0 aliphatic rings. The molecule has 0 saturated carbocycles. The lowest BCUT2D eigenvalue weighted by atomic mass is 10.1. The van der Waals surface area contributed by atoms with Gasteiger partial charge in [0.15, 0.2) is 10.9 Å². The number of benzene rings is 2. The van der Waals surface area contributed by atoms with Crippen LogP contribution in [0.4, 0.5) is 11.4 Å².